The molecule has 140 valence electrons. The zero-order valence-electron chi connectivity index (χ0n) is 14.7. The first-order chi connectivity index (χ1) is 13.1. The van der Waals surface area contributed by atoms with Gasteiger partial charge in [0.25, 0.3) is 0 Å². The smallest absolute Gasteiger partial charge is 0.323 e. The fourth-order valence-corrected chi connectivity index (χ4v) is 3.72. The molecule has 1 unspecified atom stereocenters. The molecule has 1 atom stereocenters. The molecule has 1 aliphatic rings. The van der Waals surface area contributed by atoms with Crippen LogP contribution in [-0.4, -0.2) is 34.3 Å². The minimum absolute atomic E-state index is 0.121. The number of fused-ring (bicyclic) bond motifs is 2. The topological polar surface area (TPSA) is 96.2 Å². The van der Waals surface area contributed by atoms with Gasteiger partial charge in [-0.15, -0.1) is 11.8 Å². The van der Waals surface area contributed by atoms with Gasteiger partial charge in [-0.3, -0.25) is 4.79 Å². The molecule has 2 aromatic carbocycles. The van der Waals surface area contributed by atoms with Gasteiger partial charge in [-0.05, 0) is 43.3 Å². The molecule has 2 heterocycles. The van der Waals surface area contributed by atoms with E-state index in [1.165, 1.54) is 11.8 Å². The third kappa shape index (κ3) is 3.95. The number of amides is 1. The molecule has 0 bridgehead atoms. The van der Waals surface area contributed by atoms with Crippen molar-refractivity contribution in [2.24, 2.45) is 0 Å². The number of nitrogens with one attached hydrogen (secondary N) is 3. The summed E-state index contributed by atoms with van der Waals surface area (Å²) < 4.78 is 11.3. The lowest BCUT2D eigenvalue weighted by Gasteiger charge is -2.14. The van der Waals surface area contributed by atoms with E-state index in [-0.39, 0.29) is 16.8 Å². The van der Waals surface area contributed by atoms with E-state index in [1.54, 1.807) is 18.2 Å². The summed E-state index contributed by atoms with van der Waals surface area (Å²) in [6, 6.07) is 11.0. The SMILES string of the molecule is CC(Sc1ccc2c(c1)OCCCO2)C(=O)Nc1ccc2[nH]c(=O)[nH]c2c1. The van der Waals surface area contributed by atoms with Crippen LogP contribution in [0.4, 0.5) is 5.69 Å². The Morgan fingerprint density at radius 1 is 1.07 bits per heavy atom. The summed E-state index contributed by atoms with van der Waals surface area (Å²) in [6.07, 6.45) is 0.854. The molecule has 1 aliphatic heterocycles. The lowest BCUT2D eigenvalue weighted by atomic mass is 10.2. The van der Waals surface area contributed by atoms with Crippen molar-refractivity contribution in [3.63, 3.8) is 0 Å². The largest absolute Gasteiger partial charge is 0.490 e. The molecule has 3 N–H and O–H groups in total. The number of carbonyl (C=O) groups is 1. The van der Waals surface area contributed by atoms with E-state index in [0.29, 0.717) is 35.7 Å². The molecular formula is C19H19N3O4S. The van der Waals surface area contributed by atoms with Crippen LogP contribution < -0.4 is 20.5 Å². The van der Waals surface area contributed by atoms with Crippen molar-refractivity contribution < 1.29 is 14.3 Å². The van der Waals surface area contributed by atoms with Crippen molar-refractivity contribution >= 4 is 34.4 Å². The predicted molar refractivity (Wildman–Crippen MR) is 105 cm³/mol. The number of benzene rings is 2. The molecule has 0 fully saturated rings. The highest BCUT2D eigenvalue weighted by Crippen LogP contribution is 2.35. The standard InChI is InChI=1S/C19H19N3O4S/c1-11(27-13-4-6-16-17(10-13)26-8-2-7-25-16)18(23)20-12-3-5-14-15(9-12)22-19(24)21-14/h3-6,9-11H,2,7-8H2,1H3,(H,20,23)(H2,21,22,24). The molecule has 1 aromatic heterocycles. The second-order valence-electron chi connectivity index (χ2n) is 6.25. The Morgan fingerprint density at radius 3 is 2.70 bits per heavy atom. The third-order valence-corrected chi connectivity index (χ3v) is 5.28. The van der Waals surface area contributed by atoms with E-state index in [1.807, 2.05) is 25.1 Å². The lowest BCUT2D eigenvalue weighted by molar-refractivity contribution is -0.115. The molecule has 0 aliphatic carbocycles. The Hall–Kier alpha value is -2.87. The monoisotopic (exact) mass is 385 g/mol. The minimum Gasteiger partial charge on any atom is -0.490 e. The fraction of sp³-hybridized carbons (Fsp3) is 0.263. The maximum Gasteiger partial charge on any atom is 0.323 e. The zero-order chi connectivity index (χ0) is 18.8. The zero-order valence-corrected chi connectivity index (χ0v) is 15.5. The number of hydrogen-bond donors (Lipinski definition) is 3. The van der Waals surface area contributed by atoms with Crippen LogP contribution in [0.2, 0.25) is 0 Å². The van der Waals surface area contributed by atoms with Gasteiger partial charge < -0.3 is 24.8 Å². The summed E-state index contributed by atoms with van der Waals surface area (Å²) >= 11 is 1.45. The van der Waals surface area contributed by atoms with Gasteiger partial charge in [-0.2, -0.15) is 0 Å². The first kappa shape index (κ1) is 17.5. The number of ether oxygens (including phenoxy) is 2. The molecule has 0 spiro atoms. The molecule has 7 nitrogen and oxygen atoms in total. The van der Waals surface area contributed by atoms with Crippen LogP contribution in [0.1, 0.15) is 13.3 Å². The third-order valence-electron chi connectivity index (χ3n) is 4.18. The summed E-state index contributed by atoms with van der Waals surface area (Å²) in [7, 11) is 0. The van der Waals surface area contributed by atoms with Gasteiger partial charge in [-0.1, -0.05) is 0 Å². The highest BCUT2D eigenvalue weighted by molar-refractivity contribution is 8.00. The average molecular weight is 385 g/mol. The summed E-state index contributed by atoms with van der Waals surface area (Å²) in [5.41, 5.74) is 1.72. The van der Waals surface area contributed by atoms with Gasteiger partial charge in [0.15, 0.2) is 11.5 Å². The summed E-state index contributed by atoms with van der Waals surface area (Å²) in [6.45, 7) is 3.12. The van der Waals surface area contributed by atoms with Crippen LogP contribution in [0.15, 0.2) is 46.1 Å². The van der Waals surface area contributed by atoms with Crippen molar-refractivity contribution in [3.8, 4) is 11.5 Å². The lowest BCUT2D eigenvalue weighted by Crippen LogP contribution is -2.22. The van der Waals surface area contributed by atoms with Crippen LogP contribution in [-0.2, 0) is 4.79 Å². The van der Waals surface area contributed by atoms with Gasteiger partial charge in [-0.25, -0.2) is 4.79 Å². The Balaban J connectivity index is 1.44. The Labute approximate surface area is 159 Å². The second kappa shape index (κ2) is 7.40. The molecule has 3 aromatic rings. The van der Waals surface area contributed by atoms with Crippen molar-refractivity contribution in [1.82, 2.24) is 9.97 Å². The summed E-state index contributed by atoms with van der Waals surface area (Å²) in [5, 5.41) is 2.57. The van der Waals surface area contributed by atoms with Crippen molar-refractivity contribution in [2.75, 3.05) is 18.5 Å². The molecule has 0 saturated heterocycles. The molecule has 27 heavy (non-hydrogen) atoms. The first-order valence-corrected chi connectivity index (χ1v) is 9.56. The number of rotatable bonds is 4. The van der Waals surface area contributed by atoms with Crippen molar-refractivity contribution in [3.05, 3.63) is 46.9 Å². The number of aromatic nitrogens is 2. The average Bonchev–Trinajstić information content (AvgIpc) is 2.86. The molecule has 0 radical (unpaired) electrons. The van der Waals surface area contributed by atoms with Crippen molar-refractivity contribution in [1.29, 1.82) is 0 Å². The molecule has 0 saturated carbocycles. The molecule has 4 rings (SSSR count). The molecular weight excluding hydrogens is 366 g/mol. The predicted octanol–water partition coefficient (Wildman–Crippen LogP) is 3.14. The van der Waals surface area contributed by atoms with E-state index in [0.717, 1.165) is 17.1 Å². The minimum atomic E-state index is -0.310. The van der Waals surface area contributed by atoms with E-state index in [2.05, 4.69) is 15.3 Å². The van der Waals surface area contributed by atoms with Gasteiger partial charge in [0.1, 0.15) is 0 Å². The Bertz CT molecular complexity index is 1040. The van der Waals surface area contributed by atoms with E-state index < -0.39 is 0 Å². The highest BCUT2D eigenvalue weighted by Gasteiger charge is 2.17. The maximum atomic E-state index is 12.5. The van der Waals surface area contributed by atoms with Gasteiger partial charge >= 0.3 is 5.69 Å². The number of hydrogen-bond acceptors (Lipinski definition) is 5. The number of H-pyrrole nitrogens is 2. The van der Waals surface area contributed by atoms with E-state index in [4.69, 9.17) is 9.47 Å². The number of carbonyl (C=O) groups excluding carboxylic acids is 1. The van der Waals surface area contributed by atoms with Crippen LogP contribution >= 0.6 is 11.8 Å². The number of imidazole rings is 1. The Kier molecular flexibility index (Phi) is 4.81. The van der Waals surface area contributed by atoms with Gasteiger partial charge in [0.05, 0.1) is 29.5 Å². The second-order valence-corrected chi connectivity index (χ2v) is 7.66. The normalized spacial score (nSPS) is 14.6. The number of aromatic amines is 2. The Morgan fingerprint density at radius 2 is 1.85 bits per heavy atom. The highest BCUT2D eigenvalue weighted by atomic mass is 32.2. The van der Waals surface area contributed by atoms with E-state index in [9.17, 15) is 9.59 Å². The summed E-state index contributed by atoms with van der Waals surface area (Å²) in [5.74, 6) is 1.33. The van der Waals surface area contributed by atoms with Gasteiger partial charge in [0.2, 0.25) is 5.91 Å². The molecule has 1 amide bonds. The van der Waals surface area contributed by atoms with Crippen LogP contribution in [0.5, 0.6) is 11.5 Å². The van der Waals surface area contributed by atoms with Crippen LogP contribution in [0, 0.1) is 0 Å². The van der Waals surface area contributed by atoms with Gasteiger partial charge in [0, 0.05) is 17.0 Å². The van der Waals surface area contributed by atoms with Crippen LogP contribution in [0.3, 0.4) is 0 Å². The number of thioether (sulfide) groups is 1. The quantitative estimate of drug-likeness (QED) is 0.600. The number of anilines is 1. The molecule has 8 heteroatoms. The fourth-order valence-electron chi connectivity index (χ4n) is 2.83. The van der Waals surface area contributed by atoms with Crippen molar-refractivity contribution in [2.45, 2.75) is 23.5 Å². The van der Waals surface area contributed by atoms with Crippen LogP contribution in [0.25, 0.3) is 11.0 Å². The first-order valence-electron chi connectivity index (χ1n) is 8.68. The summed E-state index contributed by atoms with van der Waals surface area (Å²) in [4.78, 5) is 30.2. The maximum absolute atomic E-state index is 12.5. The van der Waals surface area contributed by atoms with E-state index >= 15 is 0 Å².